The lowest BCUT2D eigenvalue weighted by atomic mass is 9.69. The molecule has 1 aromatic rings. The molecule has 0 aromatic heterocycles. The summed E-state index contributed by atoms with van der Waals surface area (Å²) in [6, 6.07) is 8.87. The van der Waals surface area contributed by atoms with Crippen LogP contribution in [0.2, 0.25) is 0 Å². The van der Waals surface area contributed by atoms with Gasteiger partial charge < -0.3 is 4.84 Å². The molecule has 0 fully saturated rings. The molecule has 0 aliphatic rings. The predicted octanol–water partition coefficient (Wildman–Crippen LogP) is 6.56. The highest BCUT2D eigenvalue weighted by Gasteiger charge is 2.30. The molecule has 0 aliphatic heterocycles. The largest absolute Gasteiger partial charge is 0.391 e. The standard InChI is InChI=1S/C21H35NO/c1-9-16(2)22-23-15-17-10-12-18(13-11-17)19(21(6,7)8)14-20(3,4)5/h10-13,19H,9,14-15H2,1-8H3/b22-16+. The minimum atomic E-state index is 0.258. The van der Waals surface area contributed by atoms with Crippen LogP contribution in [0.4, 0.5) is 0 Å². The van der Waals surface area contributed by atoms with Crippen molar-refractivity contribution in [2.24, 2.45) is 16.0 Å². The molecule has 1 aromatic carbocycles. The zero-order chi connectivity index (χ0) is 17.7. The maximum atomic E-state index is 5.41. The van der Waals surface area contributed by atoms with Gasteiger partial charge in [-0.1, -0.05) is 77.9 Å². The molecule has 0 saturated carbocycles. The summed E-state index contributed by atoms with van der Waals surface area (Å²) in [5.74, 6) is 0.554. The van der Waals surface area contributed by atoms with Gasteiger partial charge in [0.15, 0.2) is 0 Å². The fourth-order valence-electron chi connectivity index (χ4n) is 2.66. The van der Waals surface area contributed by atoms with Crippen LogP contribution in [0.1, 0.15) is 85.3 Å². The van der Waals surface area contributed by atoms with Crippen molar-refractivity contribution in [2.75, 3.05) is 0 Å². The Morgan fingerprint density at radius 1 is 1.04 bits per heavy atom. The third-order valence-electron chi connectivity index (χ3n) is 4.21. The van der Waals surface area contributed by atoms with Gasteiger partial charge in [-0.25, -0.2) is 0 Å². The molecule has 2 heteroatoms. The number of rotatable bonds is 6. The molecular formula is C21H35NO. The van der Waals surface area contributed by atoms with Crippen molar-refractivity contribution < 1.29 is 4.84 Å². The molecule has 0 spiro atoms. The van der Waals surface area contributed by atoms with E-state index in [4.69, 9.17) is 4.84 Å². The highest BCUT2D eigenvalue weighted by Crippen LogP contribution is 2.43. The van der Waals surface area contributed by atoms with Gasteiger partial charge in [-0.15, -0.1) is 0 Å². The number of benzene rings is 1. The van der Waals surface area contributed by atoms with Crippen LogP contribution in [-0.4, -0.2) is 5.71 Å². The van der Waals surface area contributed by atoms with E-state index < -0.39 is 0 Å². The van der Waals surface area contributed by atoms with Crippen LogP contribution in [0.5, 0.6) is 0 Å². The Balaban J connectivity index is 2.83. The third kappa shape index (κ3) is 7.20. The van der Waals surface area contributed by atoms with Gasteiger partial charge in [0.05, 0.1) is 5.71 Å². The van der Waals surface area contributed by atoms with Gasteiger partial charge in [-0.3, -0.25) is 0 Å². The van der Waals surface area contributed by atoms with Gasteiger partial charge in [-0.05, 0) is 47.6 Å². The minimum Gasteiger partial charge on any atom is -0.391 e. The van der Waals surface area contributed by atoms with Crippen LogP contribution in [0.25, 0.3) is 0 Å². The molecule has 23 heavy (non-hydrogen) atoms. The highest BCUT2D eigenvalue weighted by atomic mass is 16.6. The average Bonchev–Trinajstić information content (AvgIpc) is 2.43. The summed E-state index contributed by atoms with van der Waals surface area (Å²) < 4.78 is 0. The van der Waals surface area contributed by atoms with E-state index in [1.807, 2.05) is 6.92 Å². The van der Waals surface area contributed by atoms with Crippen molar-refractivity contribution in [3.63, 3.8) is 0 Å². The summed E-state index contributed by atoms with van der Waals surface area (Å²) in [7, 11) is 0. The van der Waals surface area contributed by atoms with Crippen LogP contribution in [0.3, 0.4) is 0 Å². The SMILES string of the molecule is CC/C(C)=N/OCc1ccc(C(CC(C)(C)C)C(C)(C)C)cc1. The molecule has 0 saturated heterocycles. The van der Waals surface area contributed by atoms with Crippen molar-refractivity contribution >= 4 is 5.71 Å². The topological polar surface area (TPSA) is 21.6 Å². The zero-order valence-electron chi connectivity index (χ0n) is 16.4. The van der Waals surface area contributed by atoms with Crippen molar-refractivity contribution in [1.29, 1.82) is 0 Å². The monoisotopic (exact) mass is 317 g/mol. The summed E-state index contributed by atoms with van der Waals surface area (Å²) in [6.07, 6.45) is 2.12. The molecule has 1 atom stereocenters. The smallest absolute Gasteiger partial charge is 0.142 e. The molecule has 1 unspecified atom stereocenters. The molecule has 0 heterocycles. The second-order valence-corrected chi connectivity index (χ2v) is 8.88. The molecule has 130 valence electrons. The molecule has 2 nitrogen and oxygen atoms in total. The van der Waals surface area contributed by atoms with Crippen molar-refractivity contribution in [3.8, 4) is 0 Å². The molecule has 0 N–H and O–H groups in total. The molecule has 0 aliphatic carbocycles. The van der Waals surface area contributed by atoms with E-state index in [1.165, 1.54) is 17.5 Å². The van der Waals surface area contributed by atoms with Gasteiger partial charge in [0.25, 0.3) is 0 Å². The molecule has 0 radical (unpaired) electrons. The summed E-state index contributed by atoms with van der Waals surface area (Å²) >= 11 is 0. The highest BCUT2D eigenvalue weighted by molar-refractivity contribution is 5.80. The predicted molar refractivity (Wildman–Crippen MR) is 101 cm³/mol. The number of oxime groups is 1. The lowest BCUT2D eigenvalue weighted by Gasteiger charge is -2.36. The molecule has 1 rings (SSSR count). The summed E-state index contributed by atoms with van der Waals surface area (Å²) in [5.41, 5.74) is 4.20. The first-order valence-corrected chi connectivity index (χ1v) is 8.77. The number of hydrogen-bond donors (Lipinski definition) is 0. The third-order valence-corrected chi connectivity index (χ3v) is 4.21. The Bertz CT molecular complexity index is 500. The maximum Gasteiger partial charge on any atom is 0.142 e. The van der Waals surface area contributed by atoms with Crippen molar-refractivity contribution in [1.82, 2.24) is 0 Å². The summed E-state index contributed by atoms with van der Waals surface area (Å²) in [6.45, 7) is 18.6. The van der Waals surface area contributed by atoms with E-state index in [-0.39, 0.29) is 5.41 Å². The molecular weight excluding hydrogens is 282 g/mol. The quantitative estimate of drug-likeness (QED) is 0.430. The number of nitrogens with zero attached hydrogens (tertiary/aromatic N) is 1. The summed E-state index contributed by atoms with van der Waals surface area (Å²) in [5, 5.41) is 4.10. The van der Waals surface area contributed by atoms with Crippen LogP contribution >= 0.6 is 0 Å². The Hall–Kier alpha value is -1.31. The fraction of sp³-hybridized carbons (Fsp3) is 0.667. The van der Waals surface area contributed by atoms with E-state index in [0.717, 1.165) is 12.1 Å². The van der Waals surface area contributed by atoms with Gasteiger partial charge in [0, 0.05) is 0 Å². The van der Waals surface area contributed by atoms with E-state index in [1.54, 1.807) is 0 Å². The Morgan fingerprint density at radius 2 is 1.61 bits per heavy atom. The lowest BCUT2D eigenvalue weighted by molar-refractivity contribution is 0.130. The van der Waals surface area contributed by atoms with Gasteiger partial charge >= 0.3 is 0 Å². The molecule has 0 bridgehead atoms. The van der Waals surface area contributed by atoms with Gasteiger partial charge in [-0.2, -0.15) is 0 Å². The van der Waals surface area contributed by atoms with E-state index in [0.29, 0.717) is 17.9 Å². The van der Waals surface area contributed by atoms with Crippen LogP contribution < -0.4 is 0 Å². The first-order valence-electron chi connectivity index (χ1n) is 8.77. The van der Waals surface area contributed by atoms with E-state index in [2.05, 4.69) is 77.9 Å². The second kappa shape index (κ2) is 7.99. The van der Waals surface area contributed by atoms with Crippen LogP contribution in [0, 0.1) is 10.8 Å². The summed E-state index contributed by atoms with van der Waals surface area (Å²) in [4.78, 5) is 5.41. The first kappa shape index (κ1) is 19.7. The Kier molecular flexibility index (Phi) is 6.85. The van der Waals surface area contributed by atoms with Crippen molar-refractivity contribution in [2.45, 2.75) is 80.8 Å². The lowest BCUT2D eigenvalue weighted by Crippen LogP contribution is -2.23. The minimum absolute atomic E-state index is 0.258. The first-order chi connectivity index (χ1) is 10.5. The Morgan fingerprint density at radius 3 is 2.04 bits per heavy atom. The normalized spacial score (nSPS) is 14.7. The van der Waals surface area contributed by atoms with E-state index >= 15 is 0 Å². The second-order valence-electron chi connectivity index (χ2n) is 8.88. The fourth-order valence-corrected chi connectivity index (χ4v) is 2.66. The number of hydrogen-bond acceptors (Lipinski definition) is 2. The average molecular weight is 318 g/mol. The van der Waals surface area contributed by atoms with Crippen LogP contribution in [0.15, 0.2) is 29.4 Å². The zero-order valence-corrected chi connectivity index (χ0v) is 16.4. The maximum absolute atomic E-state index is 5.41. The van der Waals surface area contributed by atoms with Crippen molar-refractivity contribution in [3.05, 3.63) is 35.4 Å². The van der Waals surface area contributed by atoms with Gasteiger partial charge in [0.1, 0.15) is 6.61 Å². The molecule has 0 amide bonds. The van der Waals surface area contributed by atoms with Crippen LogP contribution in [-0.2, 0) is 11.4 Å². The van der Waals surface area contributed by atoms with Gasteiger partial charge in [0.2, 0.25) is 0 Å². The Labute approximate surface area is 143 Å². The van der Waals surface area contributed by atoms with E-state index in [9.17, 15) is 0 Å².